The van der Waals surface area contributed by atoms with Crippen LogP contribution in [0.3, 0.4) is 0 Å². The minimum absolute atomic E-state index is 0.0390. The SMILES string of the molecule is Cc1ccc(S(=O)(=O)Oc2c(CN(Cc3ccccn3)Cc3ccccn3)cc(-c3ccc(NC(=O)OCc4ccccc4)cc3)cc2CN(Cc2ccccn2)Cc2ccccn2)cc1. The number of anilines is 1. The highest BCUT2D eigenvalue weighted by molar-refractivity contribution is 7.87. The summed E-state index contributed by atoms with van der Waals surface area (Å²) in [6.07, 6.45) is 6.46. The zero-order chi connectivity index (χ0) is 45.6. The van der Waals surface area contributed by atoms with Crippen LogP contribution in [0.1, 0.15) is 45.0 Å². The average Bonchev–Trinajstić information content (AvgIpc) is 3.34. The molecular weight excluding hydrogens is 847 g/mol. The lowest BCUT2D eigenvalue weighted by molar-refractivity contribution is 0.155. The first-order chi connectivity index (χ1) is 32.2. The second-order valence-electron chi connectivity index (χ2n) is 15.8. The fourth-order valence-corrected chi connectivity index (χ4v) is 8.45. The van der Waals surface area contributed by atoms with E-state index in [1.165, 1.54) is 0 Å². The van der Waals surface area contributed by atoms with Crippen LogP contribution in [-0.2, 0) is 60.7 Å². The number of benzene rings is 4. The van der Waals surface area contributed by atoms with E-state index in [0.29, 0.717) is 43.0 Å². The Morgan fingerprint density at radius 1 is 0.530 bits per heavy atom. The van der Waals surface area contributed by atoms with Crippen molar-refractivity contribution in [3.63, 3.8) is 0 Å². The molecule has 4 aromatic heterocycles. The van der Waals surface area contributed by atoms with Gasteiger partial charge in [0, 0.05) is 80.9 Å². The Kier molecular flexibility index (Phi) is 14.9. The van der Waals surface area contributed by atoms with Gasteiger partial charge < -0.3 is 8.92 Å². The van der Waals surface area contributed by atoms with Gasteiger partial charge in [-0.15, -0.1) is 0 Å². The number of nitrogens with one attached hydrogen (secondary N) is 1. The van der Waals surface area contributed by atoms with Gasteiger partial charge in [-0.05, 0) is 109 Å². The van der Waals surface area contributed by atoms with Crippen molar-refractivity contribution < 1.29 is 22.1 Å². The normalized spacial score (nSPS) is 11.4. The van der Waals surface area contributed by atoms with Crippen LogP contribution in [0.15, 0.2) is 193 Å². The molecule has 0 spiro atoms. The van der Waals surface area contributed by atoms with E-state index in [1.807, 2.05) is 146 Å². The highest BCUT2D eigenvalue weighted by Crippen LogP contribution is 2.36. The maximum Gasteiger partial charge on any atom is 0.411 e. The molecule has 0 atom stereocenters. The Morgan fingerprint density at radius 2 is 0.985 bits per heavy atom. The van der Waals surface area contributed by atoms with Crippen LogP contribution in [0.2, 0.25) is 0 Å². The van der Waals surface area contributed by atoms with Gasteiger partial charge in [0.15, 0.2) is 5.75 Å². The molecule has 4 heterocycles. The Morgan fingerprint density at radius 3 is 1.42 bits per heavy atom. The molecule has 8 aromatic rings. The van der Waals surface area contributed by atoms with E-state index in [9.17, 15) is 13.2 Å². The third-order valence-electron chi connectivity index (χ3n) is 10.7. The summed E-state index contributed by atoms with van der Waals surface area (Å²) in [5.41, 5.74) is 8.60. The van der Waals surface area contributed by atoms with Crippen LogP contribution in [0, 0.1) is 6.92 Å². The van der Waals surface area contributed by atoms with Crippen molar-refractivity contribution in [3.05, 3.63) is 234 Å². The van der Waals surface area contributed by atoms with Gasteiger partial charge >= 0.3 is 16.2 Å². The number of ether oxygens (including phenoxy) is 1. The summed E-state index contributed by atoms with van der Waals surface area (Å²) in [6.45, 7) is 4.32. The molecule has 1 N–H and O–H groups in total. The number of carbonyl (C=O) groups excluding carboxylic acids is 1. The lowest BCUT2D eigenvalue weighted by atomic mass is 9.97. The molecule has 0 radical (unpaired) electrons. The smallest absolute Gasteiger partial charge is 0.411 e. The van der Waals surface area contributed by atoms with E-state index in [4.69, 9.17) is 8.92 Å². The lowest BCUT2D eigenvalue weighted by Gasteiger charge is -2.27. The third kappa shape index (κ3) is 12.8. The van der Waals surface area contributed by atoms with Gasteiger partial charge in [0.25, 0.3) is 0 Å². The lowest BCUT2D eigenvalue weighted by Crippen LogP contribution is -2.26. The fourth-order valence-electron chi connectivity index (χ4n) is 7.45. The van der Waals surface area contributed by atoms with Crippen molar-refractivity contribution in [2.75, 3.05) is 5.32 Å². The quantitative estimate of drug-likeness (QED) is 0.0776. The van der Waals surface area contributed by atoms with E-state index in [2.05, 4.69) is 35.1 Å². The van der Waals surface area contributed by atoms with E-state index in [1.54, 1.807) is 49.1 Å². The number of nitrogens with zero attached hydrogens (tertiary/aromatic N) is 6. The molecular formula is C53H49N7O5S. The molecule has 4 aromatic carbocycles. The molecule has 0 unspecified atom stereocenters. The minimum atomic E-state index is -4.34. The molecule has 0 fully saturated rings. The zero-order valence-electron chi connectivity index (χ0n) is 36.5. The Hall–Kier alpha value is -7.58. The Balaban J connectivity index is 1.23. The highest BCUT2D eigenvalue weighted by Gasteiger charge is 2.26. The number of rotatable bonds is 19. The van der Waals surface area contributed by atoms with Gasteiger partial charge in [-0.2, -0.15) is 8.42 Å². The minimum Gasteiger partial charge on any atom is -0.444 e. The van der Waals surface area contributed by atoms with Gasteiger partial charge in [0.1, 0.15) is 11.5 Å². The monoisotopic (exact) mass is 895 g/mol. The number of carbonyl (C=O) groups is 1. The van der Waals surface area contributed by atoms with Gasteiger partial charge in [-0.1, -0.05) is 84.4 Å². The largest absolute Gasteiger partial charge is 0.444 e. The summed E-state index contributed by atoms with van der Waals surface area (Å²) in [5.74, 6) is 0.220. The van der Waals surface area contributed by atoms with Crippen LogP contribution in [0.5, 0.6) is 5.75 Å². The van der Waals surface area contributed by atoms with Crippen molar-refractivity contribution in [1.29, 1.82) is 0 Å². The topological polar surface area (TPSA) is 140 Å². The first-order valence-corrected chi connectivity index (χ1v) is 22.9. The van der Waals surface area contributed by atoms with Crippen molar-refractivity contribution in [2.24, 2.45) is 0 Å². The molecule has 0 saturated heterocycles. The molecule has 1 amide bonds. The van der Waals surface area contributed by atoms with Crippen LogP contribution >= 0.6 is 0 Å². The average molecular weight is 896 g/mol. The number of pyridine rings is 4. The van der Waals surface area contributed by atoms with Crippen LogP contribution in [-0.4, -0.2) is 44.2 Å². The van der Waals surface area contributed by atoms with Crippen molar-refractivity contribution in [2.45, 2.75) is 57.7 Å². The van der Waals surface area contributed by atoms with E-state index < -0.39 is 16.2 Å². The molecule has 12 nitrogen and oxygen atoms in total. The maximum absolute atomic E-state index is 14.4. The second kappa shape index (κ2) is 21.9. The molecule has 13 heteroatoms. The number of amides is 1. The first kappa shape index (κ1) is 45.0. The number of aryl methyl sites for hydroxylation is 1. The molecule has 0 saturated carbocycles. The van der Waals surface area contributed by atoms with Crippen LogP contribution < -0.4 is 9.50 Å². The summed E-state index contributed by atoms with van der Waals surface area (Å²) in [5, 5.41) is 2.83. The highest BCUT2D eigenvalue weighted by atomic mass is 32.2. The van der Waals surface area contributed by atoms with Crippen molar-refractivity contribution >= 4 is 21.9 Å². The van der Waals surface area contributed by atoms with Gasteiger partial charge in [0.2, 0.25) is 0 Å². The first-order valence-electron chi connectivity index (χ1n) is 21.5. The van der Waals surface area contributed by atoms with Crippen molar-refractivity contribution in [1.82, 2.24) is 29.7 Å². The Bertz CT molecular complexity index is 2710. The van der Waals surface area contributed by atoms with Gasteiger partial charge in [-0.3, -0.25) is 35.1 Å². The summed E-state index contributed by atoms with van der Waals surface area (Å²) in [7, 11) is -4.34. The summed E-state index contributed by atoms with van der Waals surface area (Å²) in [4.78, 5) is 35.8. The second-order valence-corrected chi connectivity index (χ2v) is 17.4. The van der Waals surface area contributed by atoms with Crippen LogP contribution in [0.4, 0.5) is 10.5 Å². The standard InChI is InChI=1S/C53H49N7O5S/c1-40-19-25-51(26-20-40)66(62,63)65-52-44(33-59(35-47-15-5-9-27-54-47)36-48-16-6-10-28-55-48)31-43(42-21-23-46(24-22-42)58-53(61)64-39-41-13-3-2-4-14-41)32-45(52)34-60(37-49-17-7-11-29-56-49)38-50-18-8-12-30-57-50/h2-32H,33-39H2,1H3,(H,58,61). The predicted octanol–water partition coefficient (Wildman–Crippen LogP) is 10.2. The fraction of sp³-hybridized carbons (Fsp3) is 0.151. The molecule has 0 bridgehead atoms. The summed E-state index contributed by atoms with van der Waals surface area (Å²) >= 11 is 0. The Labute approximate surface area is 385 Å². The van der Waals surface area contributed by atoms with Gasteiger partial charge in [0.05, 0.1) is 22.8 Å². The zero-order valence-corrected chi connectivity index (χ0v) is 37.3. The molecule has 0 aliphatic carbocycles. The van der Waals surface area contributed by atoms with E-state index in [0.717, 1.165) is 45.0 Å². The molecule has 332 valence electrons. The third-order valence-corrected chi connectivity index (χ3v) is 11.9. The summed E-state index contributed by atoms with van der Waals surface area (Å²) in [6, 6.07) is 50.7. The van der Waals surface area contributed by atoms with Crippen molar-refractivity contribution in [3.8, 4) is 16.9 Å². The maximum atomic E-state index is 14.4. The van der Waals surface area contributed by atoms with Crippen LogP contribution in [0.25, 0.3) is 11.1 Å². The molecule has 0 aliphatic heterocycles. The summed E-state index contributed by atoms with van der Waals surface area (Å²) < 4.78 is 40.7. The molecule has 8 rings (SSSR count). The molecule has 66 heavy (non-hydrogen) atoms. The number of hydrogen-bond donors (Lipinski definition) is 1. The predicted molar refractivity (Wildman–Crippen MR) is 254 cm³/mol. The van der Waals surface area contributed by atoms with Gasteiger partial charge in [-0.25, -0.2) is 4.79 Å². The molecule has 0 aliphatic rings. The number of aromatic nitrogens is 4. The number of hydrogen-bond acceptors (Lipinski definition) is 11. The van der Waals surface area contributed by atoms with E-state index >= 15 is 0 Å². The van der Waals surface area contributed by atoms with E-state index in [-0.39, 0.29) is 30.3 Å².